The van der Waals surface area contributed by atoms with E-state index in [1.54, 1.807) is 0 Å². The molecule has 3 N–H and O–H groups in total. The van der Waals surface area contributed by atoms with Gasteiger partial charge in [0, 0.05) is 19.2 Å². The summed E-state index contributed by atoms with van der Waals surface area (Å²) in [5.41, 5.74) is 0.764. The normalized spacial score (nSPS) is 10.0. The summed E-state index contributed by atoms with van der Waals surface area (Å²) in [7, 11) is 0. The van der Waals surface area contributed by atoms with Gasteiger partial charge in [0.15, 0.2) is 6.61 Å². The zero-order chi connectivity index (χ0) is 18.1. The molecule has 1 aromatic carbocycles. The fraction of sp³-hybridized carbons (Fsp3) is 0.375. The smallest absolute Gasteiger partial charge is 0.338 e. The molecule has 0 atom stereocenters. The Kier molecular flexibility index (Phi) is 7.41. The van der Waals surface area contributed by atoms with Crippen LogP contribution < -0.4 is 16.0 Å². The molecule has 130 valence electrons. The Bertz CT molecular complexity index is 611. The Hall–Kier alpha value is -2.90. The first-order valence-electron chi connectivity index (χ1n) is 7.40. The molecule has 0 heterocycles. The highest BCUT2D eigenvalue weighted by molar-refractivity contribution is 5.97. The van der Waals surface area contributed by atoms with Crippen molar-refractivity contribution in [3.63, 3.8) is 0 Å². The van der Waals surface area contributed by atoms with Crippen LogP contribution in [0, 0.1) is 5.92 Å². The molecule has 8 heteroatoms. The van der Waals surface area contributed by atoms with Gasteiger partial charge in [-0.25, -0.2) is 9.59 Å². The summed E-state index contributed by atoms with van der Waals surface area (Å²) in [5.74, 6) is -1.40. The van der Waals surface area contributed by atoms with Crippen LogP contribution in [0.4, 0.5) is 10.5 Å². The minimum Gasteiger partial charge on any atom is -0.452 e. The van der Waals surface area contributed by atoms with Crippen LogP contribution >= 0.6 is 0 Å². The molecule has 0 saturated carbocycles. The van der Waals surface area contributed by atoms with E-state index in [9.17, 15) is 19.2 Å². The van der Waals surface area contributed by atoms with E-state index in [1.807, 2.05) is 13.8 Å². The summed E-state index contributed by atoms with van der Waals surface area (Å²) >= 11 is 0. The van der Waals surface area contributed by atoms with Gasteiger partial charge in [0.1, 0.15) is 0 Å². The molecule has 0 bridgehead atoms. The maximum absolute atomic E-state index is 11.8. The molecule has 0 aliphatic carbocycles. The van der Waals surface area contributed by atoms with E-state index in [0.29, 0.717) is 12.2 Å². The number of benzene rings is 1. The third-order valence-electron chi connectivity index (χ3n) is 2.70. The van der Waals surface area contributed by atoms with Crippen molar-refractivity contribution in [1.82, 2.24) is 10.6 Å². The van der Waals surface area contributed by atoms with Crippen molar-refractivity contribution in [2.45, 2.75) is 20.8 Å². The minimum atomic E-state index is -0.723. The lowest BCUT2D eigenvalue weighted by molar-refractivity contribution is -0.123. The van der Waals surface area contributed by atoms with Crippen LogP contribution in [0.3, 0.4) is 0 Å². The Morgan fingerprint density at radius 1 is 1.08 bits per heavy atom. The van der Waals surface area contributed by atoms with Crippen LogP contribution in [0.15, 0.2) is 24.3 Å². The fourth-order valence-electron chi connectivity index (χ4n) is 1.61. The monoisotopic (exact) mass is 335 g/mol. The molecular weight excluding hydrogens is 314 g/mol. The standard InChI is InChI=1S/C16H21N3O5/c1-10(2)8-17-16(23)19-14(21)9-24-15(22)12-4-6-13(7-5-12)18-11(3)20/h4-7,10H,8-9H2,1-3H3,(H,18,20)(H2,17,19,21,23). The maximum atomic E-state index is 11.8. The Morgan fingerprint density at radius 3 is 2.25 bits per heavy atom. The largest absolute Gasteiger partial charge is 0.452 e. The summed E-state index contributed by atoms with van der Waals surface area (Å²) in [5, 5.41) is 7.13. The number of amides is 4. The lowest BCUT2D eigenvalue weighted by atomic mass is 10.2. The first kappa shape index (κ1) is 19.1. The van der Waals surface area contributed by atoms with E-state index in [4.69, 9.17) is 4.74 Å². The van der Waals surface area contributed by atoms with Gasteiger partial charge in [0.2, 0.25) is 5.91 Å². The first-order chi connectivity index (χ1) is 11.3. The van der Waals surface area contributed by atoms with Crippen molar-refractivity contribution in [2.75, 3.05) is 18.5 Å². The van der Waals surface area contributed by atoms with Crippen molar-refractivity contribution < 1.29 is 23.9 Å². The van der Waals surface area contributed by atoms with Crippen molar-refractivity contribution in [1.29, 1.82) is 0 Å². The van der Waals surface area contributed by atoms with E-state index < -0.39 is 24.5 Å². The van der Waals surface area contributed by atoms with Crippen LogP contribution in [0.25, 0.3) is 0 Å². The third kappa shape index (κ3) is 7.39. The molecule has 0 fully saturated rings. The summed E-state index contributed by atoms with van der Waals surface area (Å²) in [6, 6.07) is 5.36. The van der Waals surface area contributed by atoms with Crippen LogP contribution in [0.2, 0.25) is 0 Å². The Morgan fingerprint density at radius 2 is 1.71 bits per heavy atom. The predicted octanol–water partition coefficient (Wildman–Crippen LogP) is 1.28. The molecule has 0 unspecified atom stereocenters. The van der Waals surface area contributed by atoms with E-state index in [1.165, 1.54) is 31.2 Å². The number of carbonyl (C=O) groups is 4. The number of nitrogens with one attached hydrogen (secondary N) is 3. The molecule has 1 aromatic rings. The Labute approximate surface area is 139 Å². The highest BCUT2D eigenvalue weighted by Gasteiger charge is 2.12. The summed E-state index contributed by atoms with van der Waals surface area (Å²) in [6.07, 6.45) is 0. The van der Waals surface area contributed by atoms with E-state index in [2.05, 4.69) is 16.0 Å². The van der Waals surface area contributed by atoms with Crippen LogP contribution in [-0.2, 0) is 14.3 Å². The van der Waals surface area contributed by atoms with Gasteiger partial charge in [0.25, 0.3) is 5.91 Å². The number of hydrogen-bond acceptors (Lipinski definition) is 5. The number of hydrogen-bond donors (Lipinski definition) is 3. The summed E-state index contributed by atoms with van der Waals surface area (Å²) < 4.78 is 4.82. The lowest BCUT2D eigenvalue weighted by Gasteiger charge is -2.09. The zero-order valence-corrected chi connectivity index (χ0v) is 13.8. The van der Waals surface area contributed by atoms with E-state index in [-0.39, 0.29) is 17.4 Å². The minimum absolute atomic E-state index is 0.223. The molecule has 0 aliphatic rings. The lowest BCUT2D eigenvalue weighted by Crippen LogP contribution is -2.42. The fourth-order valence-corrected chi connectivity index (χ4v) is 1.61. The van der Waals surface area contributed by atoms with Gasteiger partial charge in [-0.15, -0.1) is 0 Å². The van der Waals surface area contributed by atoms with Crippen molar-refractivity contribution in [3.05, 3.63) is 29.8 Å². The highest BCUT2D eigenvalue weighted by Crippen LogP contribution is 2.10. The molecule has 0 saturated heterocycles. The number of carbonyl (C=O) groups excluding carboxylic acids is 4. The van der Waals surface area contributed by atoms with Crippen molar-refractivity contribution >= 4 is 29.5 Å². The molecule has 0 spiro atoms. The molecule has 0 aromatic heterocycles. The molecular formula is C16H21N3O5. The third-order valence-corrected chi connectivity index (χ3v) is 2.70. The molecule has 4 amide bonds. The topological polar surface area (TPSA) is 114 Å². The second-order valence-corrected chi connectivity index (χ2v) is 5.49. The first-order valence-corrected chi connectivity index (χ1v) is 7.40. The Balaban J connectivity index is 2.41. The van der Waals surface area contributed by atoms with Gasteiger partial charge in [-0.1, -0.05) is 13.8 Å². The molecule has 0 radical (unpaired) electrons. The SMILES string of the molecule is CC(=O)Nc1ccc(C(=O)OCC(=O)NC(=O)NCC(C)C)cc1. The summed E-state index contributed by atoms with van der Waals surface area (Å²) in [4.78, 5) is 45.6. The number of anilines is 1. The van der Waals surface area contributed by atoms with Crippen LogP contribution in [-0.4, -0.2) is 37.0 Å². The summed E-state index contributed by atoms with van der Waals surface area (Å²) in [6.45, 7) is 5.07. The maximum Gasteiger partial charge on any atom is 0.338 e. The van der Waals surface area contributed by atoms with Crippen molar-refractivity contribution in [2.24, 2.45) is 5.92 Å². The highest BCUT2D eigenvalue weighted by atomic mass is 16.5. The number of imide groups is 1. The number of rotatable bonds is 6. The van der Waals surface area contributed by atoms with E-state index >= 15 is 0 Å². The van der Waals surface area contributed by atoms with Gasteiger partial charge < -0.3 is 15.4 Å². The average molecular weight is 335 g/mol. The average Bonchev–Trinajstić information content (AvgIpc) is 2.50. The van der Waals surface area contributed by atoms with Crippen LogP contribution in [0.5, 0.6) is 0 Å². The van der Waals surface area contributed by atoms with Gasteiger partial charge in [0.05, 0.1) is 5.56 Å². The van der Waals surface area contributed by atoms with Gasteiger partial charge in [-0.3, -0.25) is 14.9 Å². The second-order valence-electron chi connectivity index (χ2n) is 5.49. The number of urea groups is 1. The molecule has 8 nitrogen and oxygen atoms in total. The molecule has 0 aliphatic heterocycles. The van der Waals surface area contributed by atoms with Crippen LogP contribution in [0.1, 0.15) is 31.1 Å². The van der Waals surface area contributed by atoms with Gasteiger partial charge in [-0.2, -0.15) is 0 Å². The predicted molar refractivity (Wildman–Crippen MR) is 87.4 cm³/mol. The van der Waals surface area contributed by atoms with E-state index in [0.717, 1.165) is 0 Å². The number of esters is 1. The zero-order valence-electron chi connectivity index (χ0n) is 13.8. The second kappa shape index (κ2) is 9.29. The molecule has 1 rings (SSSR count). The quantitative estimate of drug-likeness (QED) is 0.678. The van der Waals surface area contributed by atoms with Gasteiger partial charge in [-0.05, 0) is 30.2 Å². The van der Waals surface area contributed by atoms with Crippen molar-refractivity contribution in [3.8, 4) is 0 Å². The molecule has 24 heavy (non-hydrogen) atoms. The number of ether oxygens (including phenoxy) is 1. The van der Waals surface area contributed by atoms with Gasteiger partial charge >= 0.3 is 12.0 Å².